The first-order valence-electron chi connectivity index (χ1n) is 10.6. The lowest BCUT2D eigenvalue weighted by Crippen LogP contribution is -2.07. The van der Waals surface area contributed by atoms with Gasteiger partial charge in [0.05, 0.1) is 5.75 Å². The number of benzene rings is 3. The maximum Gasteiger partial charge on any atom is 0.191 e. The highest BCUT2D eigenvalue weighted by atomic mass is 32.2. The van der Waals surface area contributed by atoms with Crippen molar-refractivity contribution in [2.45, 2.75) is 31.5 Å². The third-order valence-corrected chi connectivity index (χ3v) is 6.73. The quantitative estimate of drug-likeness (QED) is 0.257. The first-order chi connectivity index (χ1) is 15.2. The average Bonchev–Trinajstić information content (AvgIpc) is 3.38. The highest BCUT2D eigenvalue weighted by Gasteiger charge is 2.20. The van der Waals surface area contributed by atoms with Crippen molar-refractivity contribution in [3.63, 3.8) is 0 Å². The standard InChI is InChI=1S/C26H23N3OS/c1-2-29-25(14-18-8-4-3-5-9-18)27-28-26(29)31-17-24(30)21-13-12-20-15-19-10-6-7-11-22(19)23(20)16-21/h3-13,16H,2,14-15,17H2,1H3. The smallest absolute Gasteiger partial charge is 0.191 e. The van der Waals surface area contributed by atoms with Crippen LogP contribution in [-0.2, 0) is 19.4 Å². The van der Waals surface area contributed by atoms with Gasteiger partial charge in [-0.15, -0.1) is 10.2 Å². The van der Waals surface area contributed by atoms with Crippen LogP contribution in [0.5, 0.6) is 0 Å². The van der Waals surface area contributed by atoms with Gasteiger partial charge in [-0.3, -0.25) is 4.79 Å². The summed E-state index contributed by atoms with van der Waals surface area (Å²) in [6.45, 7) is 2.86. The predicted octanol–water partition coefficient (Wildman–Crippen LogP) is 5.44. The summed E-state index contributed by atoms with van der Waals surface area (Å²) in [6, 6.07) is 24.8. The highest BCUT2D eigenvalue weighted by Crippen LogP contribution is 2.37. The van der Waals surface area contributed by atoms with Crippen molar-refractivity contribution in [2.75, 3.05) is 5.75 Å². The molecule has 4 aromatic rings. The molecule has 0 N–H and O–H groups in total. The Morgan fingerprint density at radius 3 is 2.55 bits per heavy atom. The molecule has 0 saturated carbocycles. The van der Waals surface area contributed by atoms with Crippen LogP contribution in [0.1, 0.15) is 39.8 Å². The summed E-state index contributed by atoms with van der Waals surface area (Å²) in [5, 5.41) is 9.55. The van der Waals surface area contributed by atoms with Gasteiger partial charge >= 0.3 is 0 Å². The van der Waals surface area contributed by atoms with Gasteiger partial charge in [-0.2, -0.15) is 0 Å². The number of ketones is 1. The van der Waals surface area contributed by atoms with E-state index in [1.165, 1.54) is 39.6 Å². The number of carbonyl (C=O) groups excluding carboxylic acids is 1. The second-order valence-corrected chi connectivity index (χ2v) is 8.67. The Balaban J connectivity index is 1.31. The average molecular weight is 426 g/mol. The lowest BCUT2D eigenvalue weighted by Gasteiger charge is -2.08. The summed E-state index contributed by atoms with van der Waals surface area (Å²) in [5.74, 6) is 1.40. The molecule has 1 heterocycles. The Labute approximate surface area is 186 Å². The molecule has 0 saturated heterocycles. The van der Waals surface area contributed by atoms with E-state index in [4.69, 9.17) is 0 Å². The Bertz CT molecular complexity index is 1250. The SMILES string of the molecule is CCn1c(Cc2ccccc2)nnc1SCC(=O)c1ccc2c(c1)-c1ccccc1C2. The van der Waals surface area contributed by atoms with Gasteiger partial charge in [0.15, 0.2) is 10.9 Å². The van der Waals surface area contributed by atoms with E-state index in [9.17, 15) is 4.79 Å². The van der Waals surface area contributed by atoms with Gasteiger partial charge in [0.1, 0.15) is 5.82 Å². The minimum Gasteiger partial charge on any atom is -0.306 e. The van der Waals surface area contributed by atoms with Gasteiger partial charge in [-0.25, -0.2) is 0 Å². The normalized spacial score (nSPS) is 11.9. The van der Waals surface area contributed by atoms with Gasteiger partial charge in [-0.05, 0) is 47.2 Å². The zero-order valence-corrected chi connectivity index (χ0v) is 18.2. The Hall–Kier alpha value is -3.18. The van der Waals surface area contributed by atoms with Crippen LogP contribution in [0.3, 0.4) is 0 Å². The molecule has 154 valence electrons. The van der Waals surface area contributed by atoms with Crippen LogP contribution in [-0.4, -0.2) is 26.3 Å². The molecule has 0 amide bonds. The Kier molecular flexibility index (Phi) is 5.43. The summed E-state index contributed by atoms with van der Waals surface area (Å²) < 4.78 is 2.10. The summed E-state index contributed by atoms with van der Waals surface area (Å²) in [6.07, 6.45) is 1.68. The number of fused-ring (bicyclic) bond motifs is 3. The number of nitrogens with zero attached hydrogens (tertiary/aromatic N) is 3. The number of carbonyl (C=O) groups is 1. The fourth-order valence-electron chi connectivity index (χ4n) is 4.16. The maximum absolute atomic E-state index is 12.9. The van der Waals surface area contributed by atoms with E-state index in [1.54, 1.807) is 0 Å². The van der Waals surface area contributed by atoms with Crippen LogP contribution in [0.2, 0.25) is 0 Å². The predicted molar refractivity (Wildman–Crippen MR) is 125 cm³/mol. The monoisotopic (exact) mass is 425 g/mol. The van der Waals surface area contributed by atoms with Crippen LogP contribution in [0.25, 0.3) is 11.1 Å². The molecule has 4 nitrogen and oxygen atoms in total. The van der Waals surface area contributed by atoms with Gasteiger partial charge in [0, 0.05) is 18.5 Å². The van der Waals surface area contributed by atoms with Crippen LogP contribution in [0.15, 0.2) is 78.0 Å². The van der Waals surface area contributed by atoms with Crippen molar-refractivity contribution in [3.05, 3.63) is 101 Å². The van der Waals surface area contributed by atoms with E-state index in [2.05, 4.69) is 70.2 Å². The third-order valence-electron chi connectivity index (χ3n) is 5.77. The summed E-state index contributed by atoms with van der Waals surface area (Å²) >= 11 is 1.46. The molecule has 1 aliphatic carbocycles. The number of rotatable bonds is 7. The zero-order valence-electron chi connectivity index (χ0n) is 17.4. The van der Waals surface area contributed by atoms with E-state index in [-0.39, 0.29) is 5.78 Å². The van der Waals surface area contributed by atoms with Crippen molar-refractivity contribution in [3.8, 4) is 11.1 Å². The van der Waals surface area contributed by atoms with Gasteiger partial charge in [-0.1, -0.05) is 78.5 Å². The number of Topliss-reactive ketones (excluding diaryl/α,β-unsaturated/α-hetero) is 1. The minimum absolute atomic E-state index is 0.118. The number of aromatic nitrogens is 3. The molecule has 0 radical (unpaired) electrons. The molecule has 0 aliphatic heterocycles. The second kappa shape index (κ2) is 8.52. The van der Waals surface area contributed by atoms with Crippen LogP contribution >= 0.6 is 11.8 Å². The third kappa shape index (κ3) is 3.93. The fourth-order valence-corrected chi connectivity index (χ4v) is 5.08. The van der Waals surface area contributed by atoms with Crippen LogP contribution in [0, 0.1) is 0 Å². The molecule has 5 heteroatoms. The molecule has 0 bridgehead atoms. The summed E-state index contributed by atoms with van der Waals surface area (Å²) in [7, 11) is 0. The summed E-state index contributed by atoms with van der Waals surface area (Å²) in [4.78, 5) is 12.9. The van der Waals surface area contributed by atoms with E-state index in [0.29, 0.717) is 5.75 Å². The molecule has 0 spiro atoms. The molecule has 0 fully saturated rings. The highest BCUT2D eigenvalue weighted by molar-refractivity contribution is 7.99. The second-order valence-electron chi connectivity index (χ2n) is 7.72. The molecule has 0 unspecified atom stereocenters. The van der Waals surface area contributed by atoms with Crippen LogP contribution < -0.4 is 0 Å². The van der Waals surface area contributed by atoms with E-state index in [1.807, 2.05) is 24.3 Å². The Morgan fingerprint density at radius 2 is 1.71 bits per heavy atom. The van der Waals surface area contributed by atoms with Crippen molar-refractivity contribution < 1.29 is 4.79 Å². The fraction of sp³-hybridized carbons (Fsp3) is 0.192. The molecule has 3 aromatic carbocycles. The van der Waals surface area contributed by atoms with Gasteiger partial charge in [0.2, 0.25) is 0 Å². The molecule has 1 aromatic heterocycles. The van der Waals surface area contributed by atoms with Gasteiger partial charge < -0.3 is 4.57 Å². The molecule has 31 heavy (non-hydrogen) atoms. The first kappa shape index (κ1) is 19.8. The van der Waals surface area contributed by atoms with E-state index < -0.39 is 0 Å². The van der Waals surface area contributed by atoms with Crippen molar-refractivity contribution in [1.29, 1.82) is 0 Å². The van der Waals surface area contributed by atoms with Crippen molar-refractivity contribution in [2.24, 2.45) is 0 Å². The number of hydrogen-bond donors (Lipinski definition) is 0. The maximum atomic E-state index is 12.9. The minimum atomic E-state index is 0.118. The molecule has 5 rings (SSSR count). The van der Waals surface area contributed by atoms with Crippen LogP contribution in [0.4, 0.5) is 0 Å². The topological polar surface area (TPSA) is 47.8 Å². The first-order valence-corrected chi connectivity index (χ1v) is 11.5. The Morgan fingerprint density at radius 1 is 0.935 bits per heavy atom. The van der Waals surface area contributed by atoms with E-state index >= 15 is 0 Å². The van der Waals surface area contributed by atoms with E-state index in [0.717, 1.165) is 35.9 Å². The lowest BCUT2D eigenvalue weighted by atomic mass is 10.0. The number of hydrogen-bond acceptors (Lipinski definition) is 4. The molecular weight excluding hydrogens is 402 g/mol. The summed E-state index contributed by atoms with van der Waals surface area (Å²) in [5.41, 5.74) is 7.02. The zero-order chi connectivity index (χ0) is 21.2. The van der Waals surface area contributed by atoms with Crippen molar-refractivity contribution in [1.82, 2.24) is 14.8 Å². The largest absolute Gasteiger partial charge is 0.306 e. The number of thioether (sulfide) groups is 1. The van der Waals surface area contributed by atoms with Gasteiger partial charge in [0.25, 0.3) is 0 Å². The van der Waals surface area contributed by atoms with Crippen molar-refractivity contribution >= 4 is 17.5 Å². The lowest BCUT2D eigenvalue weighted by molar-refractivity contribution is 0.102. The molecule has 0 atom stereocenters. The molecular formula is C26H23N3OS. The molecule has 1 aliphatic rings.